The predicted octanol–water partition coefficient (Wildman–Crippen LogP) is 1.15. The molecule has 0 unspecified atom stereocenters. The van der Waals surface area contributed by atoms with Gasteiger partial charge in [0.25, 0.3) is 0 Å². The minimum absolute atomic E-state index is 0.0402. The van der Waals surface area contributed by atoms with E-state index in [2.05, 4.69) is 5.32 Å². The van der Waals surface area contributed by atoms with Crippen LogP contribution in [-0.4, -0.2) is 11.7 Å². The first kappa shape index (κ1) is 8.48. The van der Waals surface area contributed by atoms with Crippen molar-refractivity contribution < 1.29 is 9.59 Å². The van der Waals surface area contributed by atoms with Crippen LogP contribution < -0.4 is 5.32 Å². The fraction of sp³-hybridized carbons (Fsp3) is 0.600. The molecule has 1 saturated heterocycles. The summed E-state index contributed by atoms with van der Waals surface area (Å²) in [6.45, 7) is 1.93. The number of allylic oxidation sites excluding steroid dienone is 2. The molecule has 3 nitrogen and oxygen atoms in total. The Hall–Kier alpha value is -1.12. The molecule has 2 rings (SSSR count). The highest BCUT2D eigenvalue weighted by Crippen LogP contribution is 2.39. The summed E-state index contributed by atoms with van der Waals surface area (Å²) in [4.78, 5) is 22.8. The van der Waals surface area contributed by atoms with Crippen LogP contribution in [0.15, 0.2) is 11.8 Å². The molecule has 1 aliphatic carbocycles. The molecule has 0 bridgehead atoms. The normalized spacial score (nSPS) is 33.5. The van der Waals surface area contributed by atoms with Gasteiger partial charge in [-0.05, 0) is 19.8 Å². The zero-order valence-electron chi connectivity index (χ0n) is 7.72. The van der Waals surface area contributed by atoms with Gasteiger partial charge in [0.1, 0.15) is 5.78 Å². The molecular formula is C10H13NO2. The smallest absolute Gasteiger partial charge is 0.224 e. The summed E-state index contributed by atoms with van der Waals surface area (Å²) in [5.41, 5.74) is 0.437. The van der Waals surface area contributed by atoms with E-state index in [4.69, 9.17) is 0 Å². The molecule has 13 heavy (non-hydrogen) atoms. The first-order valence-electron chi connectivity index (χ1n) is 4.67. The molecule has 1 N–H and O–H groups in total. The third-order valence-electron chi connectivity index (χ3n) is 3.06. The third-order valence-corrected chi connectivity index (χ3v) is 3.06. The molecule has 1 heterocycles. The van der Waals surface area contributed by atoms with Crippen molar-refractivity contribution in [2.75, 3.05) is 0 Å². The quantitative estimate of drug-likeness (QED) is 0.606. The minimum Gasteiger partial charge on any atom is -0.329 e. The maximum absolute atomic E-state index is 11.7. The fourth-order valence-corrected chi connectivity index (χ4v) is 2.04. The largest absolute Gasteiger partial charge is 0.329 e. The second kappa shape index (κ2) is 2.69. The van der Waals surface area contributed by atoms with E-state index in [1.165, 1.54) is 0 Å². The number of carbonyl (C=O) groups is 2. The molecule has 0 spiro atoms. The third kappa shape index (κ3) is 1.19. The van der Waals surface area contributed by atoms with Gasteiger partial charge in [-0.3, -0.25) is 9.59 Å². The fourth-order valence-electron chi connectivity index (χ4n) is 2.04. The molecule has 0 aromatic carbocycles. The summed E-state index contributed by atoms with van der Waals surface area (Å²) in [5, 5.41) is 2.79. The lowest BCUT2D eigenvalue weighted by Gasteiger charge is -2.37. The first-order chi connectivity index (χ1) is 6.13. The molecule has 1 amide bonds. The van der Waals surface area contributed by atoms with Gasteiger partial charge >= 0.3 is 0 Å². The van der Waals surface area contributed by atoms with Crippen molar-refractivity contribution in [3.8, 4) is 0 Å². The molecule has 1 fully saturated rings. The van der Waals surface area contributed by atoms with Crippen molar-refractivity contribution in [1.82, 2.24) is 5.32 Å². The predicted molar refractivity (Wildman–Crippen MR) is 47.8 cm³/mol. The van der Waals surface area contributed by atoms with E-state index in [0.29, 0.717) is 19.3 Å². The second-order valence-electron chi connectivity index (χ2n) is 3.96. The summed E-state index contributed by atoms with van der Waals surface area (Å²) in [5.74, 6) is 0.309. The van der Waals surface area contributed by atoms with E-state index >= 15 is 0 Å². The maximum atomic E-state index is 11.7. The number of fused-ring (bicyclic) bond motifs is 1. The number of piperidine rings is 1. The first-order valence-corrected chi connectivity index (χ1v) is 4.67. The van der Waals surface area contributed by atoms with Crippen molar-refractivity contribution in [3.63, 3.8) is 0 Å². The molecular weight excluding hydrogens is 166 g/mol. The van der Waals surface area contributed by atoms with Gasteiger partial charge in [-0.1, -0.05) is 6.08 Å². The van der Waals surface area contributed by atoms with Gasteiger partial charge in [-0.15, -0.1) is 0 Å². The summed E-state index contributed by atoms with van der Waals surface area (Å²) >= 11 is 0. The molecule has 0 aromatic rings. The molecule has 3 heteroatoms. The Kier molecular flexibility index (Phi) is 1.75. The number of amides is 1. The van der Waals surface area contributed by atoms with Crippen molar-refractivity contribution in [3.05, 3.63) is 11.8 Å². The van der Waals surface area contributed by atoms with E-state index in [9.17, 15) is 9.59 Å². The van der Waals surface area contributed by atoms with E-state index in [0.717, 1.165) is 12.1 Å². The summed E-state index contributed by atoms with van der Waals surface area (Å²) in [7, 11) is 0. The average Bonchev–Trinajstić information content (AvgIpc) is 2.09. The maximum Gasteiger partial charge on any atom is 0.224 e. The molecule has 0 saturated carbocycles. The number of rotatable bonds is 0. The lowest BCUT2D eigenvalue weighted by atomic mass is 9.71. The van der Waals surface area contributed by atoms with Crippen LogP contribution >= 0.6 is 0 Å². The summed E-state index contributed by atoms with van der Waals surface area (Å²) < 4.78 is 0. The Labute approximate surface area is 77.2 Å². The van der Waals surface area contributed by atoms with Gasteiger partial charge in [0.05, 0.1) is 5.41 Å². The lowest BCUT2D eigenvalue weighted by molar-refractivity contribution is -0.130. The molecule has 0 aromatic heterocycles. The van der Waals surface area contributed by atoms with Crippen molar-refractivity contribution in [2.24, 2.45) is 5.41 Å². The monoisotopic (exact) mass is 179 g/mol. The molecule has 1 aliphatic heterocycles. The highest BCUT2D eigenvalue weighted by atomic mass is 16.2. The van der Waals surface area contributed by atoms with Crippen molar-refractivity contribution in [1.29, 1.82) is 0 Å². The Morgan fingerprint density at radius 2 is 2.15 bits per heavy atom. The summed E-state index contributed by atoms with van der Waals surface area (Å²) in [6, 6.07) is 0. The molecule has 0 radical (unpaired) electrons. The van der Waals surface area contributed by atoms with Crippen LogP contribution in [0.3, 0.4) is 0 Å². The summed E-state index contributed by atoms with van der Waals surface area (Å²) in [6.07, 6.45) is 4.52. The van der Waals surface area contributed by atoms with Crippen LogP contribution in [0.1, 0.15) is 32.6 Å². The zero-order valence-corrected chi connectivity index (χ0v) is 7.72. The molecule has 70 valence electrons. The number of hydrogen-bond donors (Lipinski definition) is 1. The van der Waals surface area contributed by atoms with E-state index in [-0.39, 0.29) is 11.7 Å². The standard InChI is InChI=1S/C10H13NO2/c1-10-6-5-9(13)11-7(10)3-2-4-8(10)12/h3H,2,4-6H2,1H3,(H,11,13)/t10-/m0/s1. The Balaban J connectivity index is 2.35. The van der Waals surface area contributed by atoms with Crippen LogP contribution in [-0.2, 0) is 9.59 Å². The number of Topliss-reactive ketones (excluding diaryl/α,β-unsaturated/α-hetero) is 1. The van der Waals surface area contributed by atoms with Gasteiger partial charge in [0.15, 0.2) is 0 Å². The molecule has 2 aliphatic rings. The van der Waals surface area contributed by atoms with E-state index in [1.54, 1.807) is 0 Å². The number of ketones is 1. The van der Waals surface area contributed by atoms with Gasteiger partial charge in [0, 0.05) is 18.5 Å². The van der Waals surface area contributed by atoms with Gasteiger partial charge in [-0.25, -0.2) is 0 Å². The lowest BCUT2D eigenvalue weighted by Crippen LogP contribution is -2.45. The van der Waals surface area contributed by atoms with Gasteiger partial charge in [0.2, 0.25) is 5.91 Å². The Bertz CT molecular complexity index is 306. The van der Waals surface area contributed by atoms with Crippen molar-refractivity contribution >= 4 is 11.7 Å². The van der Waals surface area contributed by atoms with Gasteiger partial charge < -0.3 is 5.32 Å². The second-order valence-corrected chi connectivity index (χ2v) is 3.96. The topological polar surface area (TPSA) is 46.2 Å². The SMILES string of the molecule is C[C@]12CCC(=O)NC1=CCCC2=O. The average molecular weight is 179 g/mol. The zero-order chi connectivity index (χ0) is 9.47. The number of nitrogens with one attached hydrogen (secondary N) is 1. The van der Waals surface area contributed by atoms with Crippen LogP contribution in [0.4, 0.5) is 0 Å². The van der Waals surface area contributed by atoms with Crippen LogP contribution in [0.25, 0.3) is 0 Å². The van der Waals surface area contributed by atoms with Gasteiger partial charge in [-0.2, -0.15) is 0 Å². The molecule has 1 atom stereocenters. The van der Waals surface area contributed by atoms with E-state index in [1.807, 2.05) is 13.0 Å². The number of hydrogen-bond acceptors (Lipinski definition) is 2. The van der Waals surface area contributed by atoms with Crippen LogP contribution in [0.2, 0.25) is 0 Å². The minimum atomic E-state index is -0.397. The van der Waals surface area contributed by atoms with Crippen molar-refractivity contribution in [2.45, 2.75) is 32.6 Å². The highest BCUT2D eigenvalue weighted by Gasteiger charge is 2.42. The van der Waals surface area contributed by atoms with Crippen LogP contribution in [0.5, 0.6) is 0 Å². The Morgan fingerprint density at radius 3 is 2.92 bits per heavy atom. The van der Waals surface area contributed by atoms with Crippen LogP contribution in [0, 0.1) is 5.41 Å². The highest BCUT2D eigenvalue weighted by molar-refractivity contribution is 5.92. The van der Waals surface area contributed by atoms with E-state index < -0.39 is 5.41 Å². The number of carbonyl (C=O) groups excluding carboxylic acids is 2. The Morgan fingerprint density at radius 1 is 1.38 bits per heavy atom.